The van der Waals surface area contributed by atoms with E-state index >= 15 is 0 Å². The lowest BCUT2D eigenvalue weighted by Crippen LogP contribution is -1.84. The highest BCUT2D eigenvalue weighted by atomic mass is 16.3. The summed E-state index contributed by atoms with van der Waals surface area (Å²) in [7, 11) is 0. The van der Waals surface area contributed by atoms with Gasteiger partial charge in [-0.15, -0.1) is 0 Å². The third-order valence-corrected chi connectivity index (χ3v) is 3.52. The van der Waals surface area contributed by atoms with Crippen molar-refractivity contribution in [3.05, 3.63) is 11.8 Å². The van der Waals surface area contributed by atoms with E-state index in [1.807, 2.05) is 6.08 Å². The molecule has 1 aliphatic carbocycles. The maximum absolute atomic E-state index is 9.64. The average molecular weight is 224 g/mol. The Morgan fingerprint density at radius 3 is 1.62 bits per heavy atom. The highest BCUT2D eigenvalue weighted by Crippen LogP contribution is 2.15. The van der Waals surface area contributed by atoms with Gasteiger partial charge in [-0.2, -0.15) is 0 Å². The summed E-state index contributed by atoms with van der Waals surface area (Å²) < 4.78 is 0. The van der Waals surface area contributed by atoms with Gasteiger partial charge in [0.2, 0.25) is 0 Å². The first kappa shape index (κ1) is 13.6. The van der Waals surface area contributed by atoms with Gasteiger partial charge in [-0.1, -0.05) is 57.8 Å². The Labute approximate surface area is 101 Å². The maximum atomic E-state index is 9.64. The van der Waals surface area contributed by atoms with Gasteiger partial charge in [0.1, 0.15) is 0 Å². The monoisotopic (exact) mass is 224 g/mol. The fraction of sp³-hybridized carbons (Fsp3) is 0.867. The molecule has 0 bridgehead atoms. The highest BCUT2D eigenvalue weighted by Gasteiger charge is 1.97. The number of hydrogen-bond acceptors (Lipinski definition) is 1. The second-order valence-corrected chi connectivity index (χ2v) is 5.12. The van der Waals surface area contributed by atoms with Gasteiger partial charge >= 0.3 is 0 Å². The Morgan fingerprint density at radius 1 is 0.625 bits per heavy atom. The number of rotatable bonds is 0. The minimum absolute atomic E-state index is 0.634. The SMILES string of the molecule is O/C1=C\CCCCCCCCCCCCC1. The van der Waals surface area contributed by atoms with Gasteiger partial charge in [-0.05, 0) is 25.3 Å². The van der Waals surface area contributed by atoms with Crippen molar-refractivity contribution in [2.45, 2.75) is 83.5 Å². The Bertz CT molecular complexity index is 184. The summed E-state index contributed by atoms with van der Waals surface area (Å²) in [6.45, 7) is 0. The van der Waals surface area contributed by atoms with E-state index in [0.29, 0.717) is 5.76 Å². The Morgan fingerprint density at radius 2 is 1.06 bits per heavy atom. The van der Waals surface area contributed by atoms with Gasteiger partial charge in [0.25, 0.3) is 0 Å². The molecule has 0 aromatic heterocycles. The molecule has 0 atom stereocenters. The molecule has 1 N–H and O–H groups in total. The molecule has 16 heavy (non-hydrogen) atoms. The molecule has 0 unspecified atom stereocenters. The zero-order valence-electron chi connectivity index (χ0n) is 10.7. The van der Waals surface area contributed by atoms with Crippen molar-refractivity contribution in [1.29, 1.82) is 0 Å². The quantitative estimate of drug-likeness (QED) is 0.575. The minimum atomic E-state index is 0.634. The van der Waals surface area contributed by atoms with Crippen LogP contribution < -0.4 is 0 Å². The van der Waals surface area contributed by atoms with Crippen LogP contribution in [0.25, 0.3) is 0 Å². The normalized spacial score (nSPS) is 26.1. The van der Waals surface area contributed by atoms with Crippen molar-refractivity contribution in [2.24, 2.45) is 0 Å². The van der Waals surface area contributed by atoms with E-state index in [1.165, 1.54) is 70.6 Å². The molecule has 1 nitrogen and oxygen atoms in total. The molecule has 0 spiro atoms. The molecule has 94 valence electrons. The van der Waals surface area contributed by atoms with E-state index in [2.05, 4.69) is 0 Å². The van der Waals surface area contributed by atoms with E-state index in [9.17, 15) is 5.11 Å². The van der Waals surface area contributed by atoms with Crippen molar-refractivity contribution in [3.63, 3.8) is 0 Å². The van der Waals surface area contributed by atoms with Crippen molar-refractivity contribution < 1.29 is 5.11 Å². The van der Waals surface area contributed by atoms with Crippen molar-refractivity contribution in [2.75, 3.05) is 0 Å². The van der Waals surface area contributed by atoms with E-state index < -0.39 is 0 Å². The van der Waals surface area contributed by atoms with Crippen LogP contribution in [0.5, 0.6) is 0 Å². The molecule has 0 heterocycles. The van der Waals surface area contributed by atoms with Gasteiger partial charge in [0.15, 0.2) is 0 Å². The molecule has 0 saturated carbocycles. The molecule has 0 saturated heterocycles. The molecule has 1 heteroatoms. The standard InChI is InChI=1S/C15H28O/c16-15-13-11-9-7-5-3-1-2-4-6-8-10-12-14-15/h13,16H,1-12,14H2/b15-13-. The first-order valence-electron chi connectivity index (χ1n) is 7.27. The number of allylic oxidation sites excluding steroid dienone is 2. The third kappa shape index (κ3) is 7.78. The molecule has 0 aromatic rings. The zero-order valence-corrected chi connectivity index (χ0v) is 10.7. The summed E-state index contributed by atoms with van der Waals surface area (Å²) in [6, 6.07) is 0. The van der Waals surface area contributed by atoms with Crippen molar-refractivity contribution in [1.82, 2.24) is 0 Å². The summed E-state index contributed by atoms with van der Waals surface area (Å²) in [6.07, 6.45) is 18.9. The first-order valence-corrected chi connectivity index (χ1v) is 7.27. The average Bonchev–Trinajstić information content (AvgIpc) is 2.29. The Kier molecular flexibility index (Phi) is 8.28. The summed E-state index contributed by atoms with van der Waals surface area (Å²) in [5.74, 6) is 0.634. The Balaban J connectivity index is 2.19. The smallest absolute Gasteiger partial charge is 0.0882 e. The van der Waals surface area contributed by atoms with Crippen LogP contribution in [-0.4, -0.2) is 5.11 Å². The highest BCUT2D eigenvalue weighted by molar-refractivity contribution is 4.90. The molecule has 0 aromatic carbocycles. The van der Waals surface area contributed by atoms with E-state index in [1.54, 1.807) is 0 Å². The van der Waals surface area contributed by atoms with Crippen LogP contribution in [-0.2, 0) is 0 Å². The lowest BCUT2D eigenvalue weighted by molar-refractivity contribution is 0.377. The number of aliphatic hydroxyl groups excluding tert-OH is 1. The second kappa shape index (κ2) is 9.74. The fourth-order valence-electron chi connectivity index (χ4n) is 2.41. The third-order valence-electron chi connectivity index (χ3n) is 3.52. The van der Waals surface area contributed by atoms with Gasteiger partial charge in [0.05, 0.1) is 5.76 Å². The first-order chi connectivity index (χ1) is 7.89. The summed E-state index contributed by atoms with van der Waals surface area (Å²) in [4.78, 5) is 0. The predicted molar refractivity (Wildman–Crippen MR) is 70.7 cm³/mol. The largest absolute Gasteiger partial charge is 0.513 e. The molecule has 0 fully saturated rings. The fourth-order valence-corrected chi connectivity index (χ4v) is 2.41. The van der Waals surface area contributed by atoms with E-state index in [-0.39, 0.29) is 0 Å². The lowest BCUT2D eigenvalue weighted by atomic mass is 10.1. The van der Waals surface area contributed by atoms with Crippen LogP contribution >= 0.6 is 0 Å². The van der Waals surface area contributed by atoms with Gasteiger partial charge < -0.3 is 5.11 Å². The Hall–Kier alpha value is -0.460. The van der Waals surface area contributed by atoms with E-state index in [4.69, 9.17) is 0 Å². The lowest BCUT2D eigenvalue weighted by Gasteiger charge is -2.01. The molecular weight excluding hydrogens is 196 g/mol. The molecule has 0 amide bonds. The van der Waals surface area contributed by atoms with Gasteiger partial charge in [0, 0.05) is 6.42 Å². The van der Waals surface area contributed by atoms with E-state index in [0.717, 1.165) is 12.8 Å². The van der Waals surface area contributed by atoms with Crippen LogP contribution in [0.4, 0.5) is 0 Å². The number of aliphatic hydroxyl groups is 1. The number of hydrogen-bond donors (Lipinski definition) is 1. The zero-order chi connectivity index (χ0) is 11.5. The summed E-state index contributed by atoms with van der Waals surface area (Å²) >= 11 is 0. The van der Waals surface area contributed by atoms with Gasteiger partial charge in [-0.3, -0.25) is 0 Å². The molecule has 1 rings (SSSR count). The maximum Gasteiger partial charge on any atom is 0.0882 e. The van der Waals surface area contributed by atoms with Crippen molar-refractivity contribution in [3.8, 4) is 0 Å². The molecular formula is C15H28O. The van der Waals surface area contributed by atoms with Gasteiger partial charge in [-0.25, -0.2) is 0 Å². The van der Waals surface area contributed by atoms with Crippen molar-refractivity contribution >= 4 is 0 Å². The molecule has 0 radical (unpaired) electrons. The van der Waals surface area contributed by atoms with Crippen LogP contribution in [0.3, 0.4) is 0 Å². The topological polar surface area (TPSA) is 20.2 Å². The van der Waals surface area contributed by atoms with Crippen LogP contribution in [0.2, 0.25) is 0 Å². The minimum Gasteiger partial charge on any atom is -0.513 e. The summed E-state index contributed by atoms with van der Waals surface area (Å²) in [5.41, 5.74) is 0. The predicted octanol–water partition coefficient (Wildman–Crippen LogP) is 5.51. The second-order valence-electron chi connectivity index (χ2n) is 5.12. The summed E-state index contributed by atoms with van der Waals surface area (Å²) in [5, 5.41) is 9.64. The molecule has 1 aliphatic rings. The van der Waals surface area contributed by atoms with Crippen LogP contribution in [0.15, 0.2) is 11.8 Å². The molecule has 0 aliphatic heterocycles. The van der Waals surface area contributed by atoms with Crippen LogP contribution in [0, 0.1) is 0 Å². The van der Waals surface area contributed by atoms with Crippen LogP contribution in [0.1, 0.15) is 83.5 Å².